The molecule has 0 saturated heterocycles. The minimum atomic E-state index is -0.175. The summed E-state index contributed by atoms with van der Waals surface area (Å²) in [5.41, 5.74) is 6.91. The first-order valence-corrected chi connectivity index (χ1v) is 6.78. The van der Waals surface area contributed by atoms with Crippen LogP contribution in [0.25, 0.3) is 0 Å². The second-order valence-corrected chi connectivity index (χ2v) is 5.59. The van der Waals surface area contributed by atoms with Crippen molar-refractivity contribution in [1.29, 1.82) is 0 Å². The molecule has 94 valence electrons. The van der Waals surface area contributed by atoms with Crippen LogP contribution in [0.2, 0.25) is 10.0 Å². The second kappa shape index (κ2) is 5.47. The smallest absolute Gasteiger partial charge is 0.139 e. The van der Waals surface area contributed by atoms with Crippen LogP contribution in [-0.4, -0.2) is 5.11 Å². The van der Waals surface area contributed by atoms with Gasteiger partial charge in [-0.15, -0.1) is 0 Å². The van der Waals surface area contributed by atoms with E-state index in [1.807, 2.05) is 0 Å². The van der Waals surface area contributed by atoms with E-state index in [-0.39, 0.29) is 16.8 Å². The second-order valence-electron chi connectivity index (χ2n) is 4.75. The summed E-state index contributed by atoms with van der Waals surface area (Å²) in [7, 11) is 0. The zero-order valence-electron chi connectivity index (χ0n) is 9.63. The molecule has 4 heteroatoms. The highest BCUT2D eigenvalue weighted by atomic mass is 35.5. The number of hydrogen-bond donors (Lipinski definition) is 2. The van der Waals surface area contributed by atoms with Gasteiger partial charge in [0.05, 0.1) is 5.02 Å². The van der Waals surface area contributed by atoms with E-state index in [0.29, 0.717) is 16.5 Å². The summed E-state index contributed by atoms with van der Waals surface area (Å²) >= 11 is 11.9. The molecule has 2 rings (SSSR count). The Morgan fingerprint density at radius 3 is 2.47 bits per heavy atom. The van der Waals surface area contributed by atoms with E-state index in [1.165, 1.54) is 25.3 Å². The fraction of sp³-hybridized carbons (Fsp3) is 0.538. The molecule has 0 aromatic heterocycles. The summed E-state index contributed by atoms with van der Waals surface area (Å²) in [4.78, 5) is 0. The van der Waals surface area contributed by atoms with E-state index in [1.54, 1.807) is 6.07 Å². The highest BCUT2D eigenvalue weighted by Crippen LogP contribution is 2.40. The van der Waals surface area contributed by atoms with Gasteiger partial charge in [-0.25, -0.2) is 0 Å². The third-order valence-corrected chi connectivity index (χ3v) is 4.08. The van der Waals surface area contributed by atoms with Gasteiger partial charge < -0.3 is 10.8 Å². The molecule has 0 aliphatic heterocycles. The van der Waals surface area contributed by atoms with E-state index in [0.717, 1.165) is 12.8 Å². The first-order chi connectivity index (χ1) is 8.09. The van der Waals surface area contributed by atoms with Crippen molar-refractivity contribution in [2.75, 3.05) is 0 Å². The first kappa shape index (κ1) is 13.0. The predicted molar refractivity (Wildman–Crippen MR) is 71.6 cm³/mol. The molecular weight excluding hydrogens is 257 g/mol. The summed E-state index contributed by atoms with van der Waals surface area (Å²) in [5.74, 6) is 0.498. The maximum atomic E-state index is 9.95. The molecule has 0 bridgehead atoms. The molecule has 1 fully saturated rings. The Balaban J connectivity index is 2.26. The minimum absolute atomic E-state index is 0.0779. The van der Waals surface area contributed by atoms with Crippen LogP contribution in [0.15, 0.2) is 12.1 Å². The number of hydrogen-bond acceptors (Lipinski definition) is 2. The summed E-state index contributed by atoms with van der Waals surface area (Å²) in [6.07, 6.45) is 5.95. The van der Waals surface area contributed by atoms with E-state index < -0.39 is 0 Å². The number of benzene rings is 1. The van der Waals surface area contributed by atoms with Gasteiger partial charge in [0.1, 0.15) is 5.75 Å². The summed E-state index contributed by atoms with van der Waals surface area (Å²) in [6, 6.07) is 3.09. The van der Waals surface area contributed by atoms with Gasteiger partial charge in [-0.05, 0) is 30.9 Å². The summed E-state index contributed by atoms with van der Waals surface area (Å²) in [6.45, 7) is 0. The molecule has 1 aliphatic rings. The predicted octanol–water partition coefficient (Wildman–Crippen LogP) is 4.28. The first-order valence-electron chi connectivity index (χ1n) is 6.03. The van der Waals surface area contributed by atoms with Crippen molar-refractivity contribution in [3.63, 3.8) is 0 Å². The van der Waals surface area contributed by atoms with Gasteiger partial charge >= 0.3 is 0 Å². The van der Waals surface area contributed by atoms with E-state index in [4.69, 9.17) is 28.9 Å². The average Bonchev–Trinajstić information content (AvgIpc) is 2.34. The van der Waals surface area contributed by atoms with Gasteiger partial charge in [0, 0.05) is 16.6 Å². The Morgan fingerprint density at radius 1 is 1.18 bits per heavy atom. The summed E-state index contributed by atoms with van der Waals surface area (Å²) < 4.78 is 0. The molecular formula is C13H17Cl2NO. The molecule has 1 aromatic carbocycles. The lowest BCUT2D eigenvalue weighted by atomic mass is 9.81. The topological polar surface area (TPSA) is 46.2 Å². The summed E-state index contributed by atoms with van der Waals surface area (Å²) in [5, 5.41) is 10.8. The fourth-order valence-electron chi connectivity index (χ4n) is 2.59. The van der Waals surface area contributed by atoms with Crippen molar-refractivity contribution in [3.8, 4) is 5.75 Å². The van der Waals surface area contributed by atoms with Crippen LogP contribution in [0.1, 0.15) is 43.7 Å². The van der Waals surface area contributed by atoms with Gasteiger partial charge in [0.2, 0.25) is 0 Å². The van der Waals surface area contributed by atoms with Crippen LogP contribution < -0.4 is 5.73 Å². The Morgan fingerprint density at radius 2 is 1.82 bits per heavy atom. The third kappa shape index (κ3) is 2.87. The molecule has 0 unspecified atom stereocenters. The lowest BCUT2D eigenvalue weighted by molar-refractivity contribution is 0.303. The molecule has 1 atom stereocenters. The van der Waals surface area contributed by atoms with Crippen molar-refractivity contribution in [3.05, 3.63) is 27.7 Å². The van der Waals surface area contributed by atoms with Crippen LogP contribution in [0.5, 0.6) is 5.75 Å². The largest absolute Gasteiger partial charge is 0.506 e. The Bertz CT molecular complexity index is 403. The van der Waals surface area contributed by atoms with Crippen molar-refractivity contribution in [2.24, 2.45) is 11.7 Å². The fourth-order valence-corrected chi connectivity index (χ4v) is 3.10. The quantitative estimate of drug-likeness (QED) is 0.845. The number of phenolic OH excluding ortho intramolecular Hbond substituents is 1. The van der Waals surface area contributed by atoms with Gasteiger partial charge in [-0.3, -0.25) is 0 Å². The highest BCUT2D eigenvalue weighted by Gasteiger charge is 2.25. The molecule has 1 aliphatic carbocycles. The zero-order chi connectivity index (χ0) is 12.4. The zero-order valence-corrected chi connectivity index (χ0v) is 11.1. The Kier molecular flexibility index (Phi) is 4.18. The maximum absolute atomic E-state index is 9.95. The average molecular weight is 274 g/mol. The van der Waals surface area contributed by atoms with Crippen molar-refractivity contribution in [2.45, 2.75) is 38.1 Å². The van der Waals surface area contributed by atoms with Crippen molar-refractivity contribution in [1.82, 2.24) is 0 Å². The lowest BCUT2D eigenvalue weighted by Gasteiger charge is -2.28. The third-order valence-electron chi connectivity index (χ3n) is 3.57. The van der Waals surface area contributed by atoms with Gasteiger partial charge in [-0.2, -0.15) is 0 Å². The molecule has 0 amide bonds. The number of halogens is 2. The number of nitrogens with two attached hydrogens (primary N) is 1. The monoisotopic (exact) mass is 273 g/mol. The van der Waals surface area contributed by atoms with Crippen molar-refractivity contribution < 1.29 is 5.11 Å². The SMILES string of the molecule is N[C@@H](c1cc(Cl)cc(Cl)c1O)C1CCCCC1. The molecule has 0 spiro atoms. The molecule has 0 radical (unpaired) electrons. The minimum Gasteiger partial charge on any atom is -0.506 e. The molecule has 1 saturated carbocycles. The van der Waals surface area contributed by atoms with Crippen LogP contribution >= 0.6 is 23.2 Å². The van der Waals surface area contributed by atoms with Crippen LogP contribution in [0.3, 0.4) is 0 Å². The van der Waals surface area contributed by atoms with Gasteiger partial charge in [0.25, 0.3) is 0 Å². The molecule has 3 N–H and O–H groups in total. The number of aromatic hydroxyl groups is 1. The van der Waals surface area contributed by atoms with Gasteiger partial charge in [-0.1, -0.05) is 42.5 Å². The van der Waals surface area contributed by atoms with Crippen LogP contribution in [0, 0.1) is 5.92 Å². The van der Waals surface area contributed by atoms with Crippen molar-refractivity contribution >= 4 is 23.2 Å². The normalized spacial score (nSPS) is 19.2. The lowest BCUT2D eigenvalue weighted by Crippen LogP contribution is -2.23. The highest BCUT2D eigenvalue weighted by molar-refractivity contribution is 6.35. The van der Waals surface area contributed by atoms with E-state index in [9.17, 15) is 5.11 Å². The Hall–Kier alpha value is -0.440. The molecule has 2 nitrogen and oxygen atoms in total. The maximum Gasteiger partial charge on any atom is 0.139 e. The standard InChI is InChI=1S/C13H17Cl2NO/c14-9-6-10(13(17)11(15)7-9)12(16)8-4-2-1-3-5-8/h6-8,12,17H,1-5,16H2/t12-/m1/s1. The van der Waals surface area contributed by atoms with E-state index in [2.05, 4.69) is 0 Å². The van der Waals surface area contributed by atoms with Crippen LogP contribution in [0.4, 0.5) is 0 Å². The van der Waals surface area contributed by atoms with Crippen LogP contribution in [-0.2, 0) is 0 Å². The molecule has 0 heterocycles. The number of rotatable bonds is 2. The van der Waals surface area contributed by atoms with Gasteiger partial charge in [0.15, 0.2) is 0 Å². The number of phenols is 1. The molecule has 1 aromatic rings. The molecule has 17 heavy (non-hydrogen) atoms. The van der Waals surface area contributed by atoms with E-state index >= 15 is 0 Å². The Labute approximate surface area is 112 Å².